The fourth-order valence-corrected chi connectivity index (χ4v) is 2.00. The number of esters is 1. The number of ether oxygens (including phenoxy) is 2. The molecule has 0 spiro atoms. The molecule has 0 bridgehead atoms. The summed E-state index contributed by atoms with van der Waals surface area (Å²) in [4.78, 5) is 34.6. The Bertz CT molecular complexity index is 834. The molecular weight excluding hydrogens is 341 g/mol. The summed E-state index contributed by atoms with van der Waals surface area (Å²) >= 11 is 0. The van der Waals surface area contributed by atoms with Gasteiger partial charge in [-0.05, 0) is 43.7 Å². The van der Waals surface area contributed by atoms with E-state index < -0.39 is 30.9 Å². The summed E-state index contributed by atoms with van der Waals surface area (Å²) in [5.41, 5.74) is 1.19. The van der Waals surface area contributed by atoms with Gasteiger partial charge in [0.15, 0.2) is 19.0 Å². The molecule has 0 unspecified atom stereocenters. The highest BCUT2D eigenvalue weighted by Crippen LogP contribution is 2.14. The molecule has 2 rings (SSSR count). The normalized spacial score (nSPS) is 10.1. The van der Waals surface area contributed by atoms with Crippen LogP contribution in [0.3, 0.4) is 0 Å². The quantitative estimate of drug-likeness (QED) is 0.607. The average molecular weight is 359 g/mol. The number of aryl methyl sites for hydroxylation is 1. The van der Waals surface area contributed by atoms with Gasteiger partial charge in [0.05, 0.1) is 0 Å². The lowest BCUT2D eigenvalue weighted by Crippen LogP contribution is -2.23. The number of anilines is 1. The van der Waals surface area contributed by atoms with Crippen molar-refractivity contribution in [3.8, 4) is 5.75 Å². The zero-order chi connectivity index (χ0) is 19.1. The number of carbonyl (C=O) groups excluding carboxylic acids is 3. The molecule has 6 nitrogen and oxygen atoms in total. The van der Waals surface area contributed by atoms with Crippen molar-refractivity contribution in [2.75, 3.05) is 18.5 Å². The summed E-state index contributed by atoms with van der Waals surface area (Å²) < 4.78 is 23.4. The Labute approximate surface area is 149 Å². The van der Waals surface area contributed by atoms with E-state index in [2.05, 4.69) is 5.32 Å². The Morgan fingerprint density at radius 3 is 2.54 bits per heavy atom. The number of ketones is 1. The summed E-state index contributed by atoms with van der Waals surface area (Å²) in [6.07, 6.45) is 0. The zero-order valence-corrected chi connectivity index (χ0v) is 14.4. The number of rotatable bonds is 7. The molecule has 0 aromatic heterocycles. The van der Waals surface area contributed by atoms with Gasteiger partial charge in [-0.3, -0.25) is 9.59 Å². The van der Waals surface area contributed by atoms with E-state index in [-0.39, 0.29) is 11.5 Å². The molecule has 0 saturated heterocycles. The fourth-order valence-electron chi connectivity index (χ4n) is 2.00. The molecule has 0 aliphatic heterocycles. The number of halogens is 1. The van der Waals surface area contributed by atoms with E-state index in [1.54, 1.807) is 31.2 Å². The zero-order valence-electron chi connectivity index (χ0n) is 14.4. The fraction of sp³-hybridized carbons (Fsp3) is 0.211. The number of nitrogens with one attached hydrogen (secondary N) is 1. The summed E-state index contributed by atoms with van der Waals surface area (Å²) in [5.74, 6) is -1.57. The summed E-state index contributed by atoms with van der Waals surface area (Å²) in [6, 6.07) is 10.6. The van der Waals surface area contributed by atoms with Crippen LogP contribution in [0.1, 0.15) is 22.8 Å². The summed E-state index contributed by atoms with van der Waals surface area (Å²) in [6.45, 7) is 2.10. The van der Waals surface area contributed by atoms with Crippen molar-refractivity contribution in [2.45, 2.75) is 13.8 Å². The van der Waals surface area contributed by atoms with Crippen LogP contribution in [-0.4, -0.2) is 30.9 Å². The van der Waals surface area contributed by atoms with E-state index in [0.717, 1.165) is 0 Å². The van der Waals surface area contributed by atoms with Crippen LogP contribution >= 0.6 is 0 Å². The van der Waals surface area contributed by atoms with Gasteiger partial charge in [0, 0.05) is 11.3 Å². The molecule has 0 atom stereocenters. The Morgan fingerprint density at radius 1 is 1.08 bits per heavy atom. The Morgan fingerprint density at radius 2 is 1.85 bits per heavy atom. The second-order valence-electron chi connectivity index (χ2n) is 5.55. The lowest BCUT2D eigenvalue weighted by Gasteiger charge is -2.09. The minimum atomic E-state index is -0.747. The number of hydrogen-bond acceptors (Lipinski definition) is 5. The maximum absolute atomic E-state index is 13.4. The highest BCUT2D eigenvalue weighted by Gasteiger charge is 2.10. The molecular formula is C19H18FNO5. The van der Waals surface area contributed by atoms with Gasteiger partial charge in [0.25, 0.3) is 5.91 Å². The van der Waals surface area contributed by atoms with E-state index >= 15 is 0 Å². The SMILES string of the molecule is CC(=O)c1cccc(OCC(=O)OCC(=O)Nc2ccc(C)c(F)c2)c1. The van der Waals surface area contributed by atoms with Gasteiger partial charge in [-0.15, -0.1) is 0 Å². The lowest BCUT2D eigenvalue weighted by molar-refractivity contribution is -0.149. The predicted octanol–water partition coefficient (Wildman–Crippen LogP) is 2.90. The summed E-state index contributed by atoms with van der Waals surface area (Å²) in [7, 11) is 0. The van der Waals surface area contributed by atoms with Gasteiger partial charge in [0.2, 0.25) is 0 Å². The Hall–Kier alpha value is -3.22. The largest absolute Gasteiger partial charge is 0.482 e. The van der Waals surface area contributed by atoms with Crippen LogP contribution in [0, 0.1) is 12.7 Å². The molecule has 136 valence electrons. The van der Waals surface area contributed by atoms with Crippen LogP contribution in [-0.2, 0) is 14.3 Å². The first kappa shape index (κ1) is 19.1. The number of Topliss-reactive ketones (excluding diaryl/α,β-unsaturated/α-hetero) is 1. The van der Waals surface area contributed by atoms with Crippen molar-refractivity contribution >= 4 is 23.3 Å². The van der Waals surface area contributed by atoms with E-state index in [0.29, 0.717) is 16.9 Å². The van der Waals surface area contributed by atoms with E-state index in [1.165, 1.54) is 25.1 Å². The number of amides is 1. The van der Waals surface area contributed by atoms with Gasteiger partial charge in [-0.2, -0.15) is 0 Å². The minimum Gasteiger partial charge on any atom is -0.482 e. The molecule has 0 heterocycles. The van der Waals surface area contributed by atoms with Crippen molar-refractivity contribution in [3.63, 3.8) is 0 Å². The van der Waals surface area contributed by atoms with Gasteiger partial charge in [-0.1, -0.05) is 18.2 Å². The molecule has 0 radical (unpaired) electrons. The van der Waals surface area contributed by atoms with Gasteiger partial charge < -0.3 is 14.8 Å². The van der Waals surface area contributed by atoms with Gasteiger partial charge in [0.1, 0.15) is 11.6 Å². The van der Waals surface area contributed by atoms with Crippen LogP contribution in [0.5, 0.6) is 5.75 Å². The van der Waals surface area contributed by atoms with Crippen LogP contribution < -0.4 is 10.1 Å². The molecule has 0 aliphatic carbocycles. The van der Waals surface area contributed by atoms with Crippen molar-refractivity contribution < 1.29 is 28.2 Å². The molecule has 0 fully saturated rings. The molecule has 1 N–H and O–H groups in total. The molecule has 0 aliphatic rings. The van der Waals surface area contributed by atoms with Crippen LogP contribution in [0.2, 0.25) is 0 Å². The third-order valence-corrected chi connectivity index (χ3v) is 3.42. The standard InChI is InChI=1S/C19H18FNO5/c1-12-6-7-15(9-17(12)20)21-18(23)10-26-19(24)11-25-16-5-3-4-14(8-16)13(2)22/h3-9H,10-11H2,1-2H3,(H,21,23). The van der Waals surface area contributed by atoms with Crippen molar-refractivity contribution in [1.82, 2.24) is 0 Å². The maximum Gasteiger partial charge on any atom is 0.344 e. The first-order valence-electron chi connectivity index (χ1n) is 7.80. The monoisotopic (exact) mass is 359 g/mol. The molecule has 2 aromatic carbocycles. The van der Waals surface area contributed by atoms with E-state index in [9.17, 15) is 18.8 Å². The minimum absolute atomic E-state index is 0.123. The molecule has 2 aromatic rings. The van der Waals surface area contributed by atoms with Crippen molar-refractivity contribution in [2.24, 2.45) is 0 Å². The third kappa shape index (κ3) is 5.70. The lowest BCUT2D eigenvalue weighted by atomic mass is 10.1. The van der Waals surface area contributed by atoms with Crippen molar-refractivity contribution in [3.05, 3.63) is 59.4 Å². The van der Waals surface area contributed by atoms with Gasteiger partial charge >= 0.3 is 5.97 Å². The Balaban J connectivity index is 1.77. The molecule has 7 heteroatoms. The van der Waals surface area contributed by atoms with Crippen molar-refractivity contribution in [1.29, 1.82) is 0 Å². The summed E-state index contributed by atoms with van der Waals surface area (Å²) in [5, 5.41) is 2.42. The number of carbonyl (C=O) groups is 3. The van der Waals surface area contributed by atoms with Crippen LogP contribution in [0.15, 0.2) is 42.5 Å². The first-order chi connectivity index (χ1) is 12.3. The number of hydrogen-bond donors (Lipinski definition) is 1. The van der Waals surface area contributed by atoms with E-state index in [1.807, 2.05) is 0 Å². The van der Waals surface area contributed by atoms with Gasteiger partial charge in [-0.25, -0.2) is 9.18 Å². The van der Waals surface area contributed by atoms with Crippen LogP contribution in [0.4, 0.5) is 10.1 Å². The first-order valence-corrected chi connectivity index (χ1v) is 7.80. The Kier molecular flexibility index (Phi) is 6.43. The van der Waals surface area contributed by atoms with Crippen LogP contribution in [0.25, 0.3) is 0 Å². The van der Waals surface area contributed by atoms with E-state index in [4.69, 9.17) is 9.47 Å². The third-order valence-electron chi connectivity index (χ3n) is 3.42. The molecule has 26 heavy (non-hydrogen) atoms. The maximum atomic E-state index is 13.4. The smallest absolute Gasteiger partial charge is 0.344 e. The second kappa shape index (κ2) is 8.75. The topological polar surface area (TPSA) is 81.7 Å². The predicted molar refractivity (Wildman–Crippen MR) is 92.7 cm³/mol. The number of benzene rings is 2. The highest BCUT2D eigenvalue weighted by molar-refractivity contribution is 5.94. The average Bonchev–Trinajstić information content (AvgIpc) is 2.61. The second-order valence-corrected chi connectivity index (χ2v) is 5.55. The molecule has 1 amide bonds. The molecule has 0 saturated carbocycles. The highest BCUT2D eigenvalue weighted by atomic mass is 19.1.